The number of para-hydroxylation sites is 1. The van der Waals surface area contributed by atoms with Gasteiger partial charge >= 0.3 is 5.97 Å². The van der Waals surface area contributed by atoms with Crippen LogP contribution < -0.4 is 0 Å². The number of hydrogen-bond donors (Lipinski definition) is 1. The van der Waals surface area contributed by atoms with Gasteiger partial charge in [0.1, 0.15) is 5.82 Å². The fourth-order valence-corrected chi connectivity index (χ4v) is 4.36. The van der Waals surface area contributed by atoms with E-state index in [4.69, 9.17) is 5.11 Å². The number of rotatable bonds is 5. The highest BCUT2D eigenvalue weighted by molar-refractivity contribution is 7.99. The first-order valence-corrected chi connectivity index (χ1v) is 10.2. The topological polar surface area (TPSA) is 88.3 Å². The van der Waals surface area contributed by atoms with E-state index in [1.54, 1.807) is 21.3 Å². The molecule has 1 fully saturated rings. The molecule has 0 spiro atoms. The van der Waals surface area contributed by atoms with Crippen LogP contribution in [-0.2, 0) is 4.79 Å². The zero-order valence-electron chi connectivity index (χ0n) is 15.8. The number of benzene rings is 1. The molecule has 0 bridgehead atoms. The molecule has 27 heavy (non-hydrogen) atoms. The van der Waals surface area contributed by atoms with E-state index in [0.717, 1.165) is 17.0 Å². The van der Waals surface area contributed by atoms with Crippen LogP contribution in [0.4, 0.5) is 0 Å². The number of carbonyl (C=O) groups excluding carboxylic acids is 1. The Kier molecular flexibility index (Phi) is 5.84. The molecule has 1 aliphatic rings. The Morgan fingerprint density at radius 3 is 2.78 bits per heavy atom. The molecule has 1 atom stereocenters. The first-order valence-electron chi connectivity index (χ1n) is 9.02. The van der Waals surface area contributed by atoms with Gasteiger partial charge in [0.2, 0.25) is 5.82 Å². The van der Waals surface area contributed by atoms with E-state index in [-0.39, 0.29) is 24.2 Å². The third-order valence-electron chi connectivity index (χ3n) is 4.65. The van der Waals surface area contributed by atoms with Gasteiger partial charge in [-0.1, -0.05) is 32.0 Å². The van der Waals surface area contributed by atoms with Crippen LogP contribution in [0, 0.1) is 6.92 Å². The molecule has 7 nitrogen and oxygen atoms in total. The van der Waals surface area contributed by atoms with Crippen molar-refractivity contribution >= 4 is 23.6 Å². The van der Waals surface area contributed by atoms with Crippen molar-refractivity contribution in [1.82, 2.24) is 19.7 Å². The maximum absolute atomic E-state index is 13.0. The molecule has 0 radical (unpaired) electrons. The fourth-order valence-electron chi connectivity index (χ4n) is 3.30. The monoisotopic (exact) mass is 388 g/mol. The van der Waals surface area contributed by atoms with Crippen LogP contribution >= 0.6 is 11.8 Å². The lowest BCUT2D eigenvalue weighted by Crippen LogP contribution is -2.47. The quantitative estimate of drug-likeness (QED) is 0.847. The summed E-state index contributed by atoms with van der Waals surface area (Å²) in [4.78, 5) is 30.1. The second-order valence-corrected chi connectivity index (χ2v) is 8.08. The van der Waals surface area contributed by atoms with Crippen molar-refractivity contribution in [3.8, 4) is 5.69 Å². The first kappa shape index (κ1) is 19.4. The number of aryl methyl sites for hydroxylation is 1. The summed E-state index contributed by atoms with van der Waals surface area (Å²) in [6.07, 6.45) is -0.0609. The average Bonchev–Trinajstić information content (AvgIpc) is 3.02. The van der Waals surface area contributed by atoms with Gasteiger partial charge in [0, 0.05) is 18.1 Å². The minimum absolute atomic E-state index is 0.0609. The lowest BCUT2D eigenvalue weighted by Gasteiger charge is -2.33. The van der Waals surface area contributed by atoms with E-state index in [1.807, 2.05) is 31.2 Å². The van der Waals surface area contributed by atoms with E-state index >= 15 is 0 Å². The number of nitrogens with zero attached hydrogens (tertiary/aromatic N) is 4. The molecular formula is C19H24N4O3S. The number of amides is 1. The summed E-state index contributed by atoms with van der Waals surface area (Å²) in [6, 6.07) is 7.61. The van der Waals surface area contributed by atoms with Gasteiger partial charge in [0.05, 0.1) is 18.2 Å². The molecule has 1 saturated heterocycles. The molecule has 3 rings (SSSR count). The zero-order chi connectivity index (χ0) is 19.6. The second-order valence-electron chi connectivity index (χ2n) is 6.93. The molecular weight excluding hydrogens is 364 g/mol. The third-order valence-corrected chi connectivity index (χ3v) is 5.74. The Labute approximate surface area is 162 Å². The van der Waals surface area contributed by atoms with Crippen LogP contribution in [0.2, 0.25) is 0 Å². The number of aromatic nitrogens is 3. The molecule has 1 N–H and O–H groups in total. The smallest absolute Gasteiger partial charge is 0.305 e. The number of aliphatic carboxylic acids is 1. The van der Waals surface area contributed by atoms with Crippen LogP contribution in [0.15, 0.2) is 24.3 Å². The van der Waals surface area contributed by atoms with Gasteiger partial charge in [-0.3, -0.25) is 9.59 Å². The Morgan fingerprint density at radius 2 is 2.07 bits per heavy atom. The minimum atomic E-state index is -0.902. The van der Waals surface area contributed by atoms with E-state index in [9.17, 15) is 9.59 Å². The normalized spacial score (nSPS) is 17.3. The third kappa shape index (κ3) is 4.16. The van der Waals surface area contributed by atoms with Gasteiger partial charge in [-0.05, 0) is 24.5 Å². The maximum atomic E-state index is 13.0. The molecule has 1 unspecified atom stereocenters. The molecule has 144 valence electrons. The van der Waals surface area contributed by atoms with Crippen molar-refractivity contribution in [2.45, 2.75) is 39.2 Å². The molecule has 1 aromatic heterocycles. The molecule has 1 aliphatic heterocycles. The lowest BCUT2D eigenvalue weighted by atomic mass is 10.0. The van der Waals surface area contributed by atoms with Crippen molar-refractivity contribution in [2.24, 2.45) is 0 Å². The lowest BCUT2D eigenvalue weighted by molar-refractivity contribution is -0.138. The number of hydrogen-bond acceptors (Lipinski definition) is 5. The van der Waals surface area contributed by atoms with E-state index in [1.165, 1.54) is 0 Å². The van der Waals surface area contributed by atoms with Gasteiger partial charge in [0.25, 0.3) is 5.91 Å². The van der Waals surface area contributed by atoms with Crippen LogP contribution in [0.1, 0.15) is 48.2 Å². The van der Waals surface area contributed by atoms with Crippen molar-refractivity contribution in [1.29, 1.82) is 0 Å². The van der Waals surface area contributed by atoms with E-state index in [0.29, 0.717) is 24.0 Å². The maximum Gasteiger partial charge on any atom is 0.305 e. The molecule has 1 amide bonds. The molecule has 8 heteroatoms. The summed E-state index contributed by atoms with van der Waals surface area (Å²) in [5, 5.41) is 13.6. The van der Waals surface area contributed by atoms with Gasteiger partial charge in [-0.25, -0.2) is 9.67 Å². The SMILES string of the molecule is Cc1nc(C(=O)N2CCSCC2CC(=O)O)nn1-c1ccccc1C(C)C. The summed E-state index contributed by atoms with van der Waals surface area (Å²) in [6.45, 7) is 6.55. The largest absolute Gasteiger partial charge is 0.481 e. The van der Waals surface area contributed by atoms with Crippen molar-refractivity contribution < 1.29 is 14.7 Å². The summed E-state index contributed by atoms with van der Waals surface area (Å²) >= 11 is 1.67. The predicted octanol–water partition coefficient (Wildman–Crippen LogP) is 2.73. The highest BCUT2D eigenvalue weighted by Gasteiger charge is 2.32. The summed E-state index contributed by atoms with van der Waals surface area (Å²) in [5.74, 6) is 1.27. The van der Waals surface area contributed by atoms with Gasteiger partial charge in [-0.2, -0.15) is 11.8 Å². The second kappa shape index (κ2) is 8.12. The van der Waals surface area contributed by atoms with Crippen molar-refractivity contribution in [3.05, 3.63) is 41.5 Å². The zero-order valence-corrected chi connectivity index (χ0v) is 16.6. The number of carbonyl (C=O) groups is 2. The summed E-state index contributed by atoms with van der Waals surface area (Å²) in [7, 11) is 0. The van der Waals surface area contributed by atoms with Crippen molar-refractivity contribution in [3.63, 3.8) is 0 Å². The minimum Gasteiger partial charge on any atom is -0.481 e. The van der Waals surface area contributed by atoms with Crippen LogP contribution in [0.3, 0.4) is 0 Å². The number of carboxylic acids is 1. The molecule has 0 aliphatic carbocycles. The van der Waals surface area contributed by atoms with Crippen LogP contribution in [0.25, 0.3) is 5.69 Å². The number of carboxylic acid groups (broad SMARTS) is 1. The van der Waals surface area contributed by atoms with Crippen LogP contribution in [-0.4, -0.2) is 60.7 Å². The average molecular weight is 388 g/mol. The summed E-state index contributed by atoms with van der Waals surface area (Å²) < 4.78 is 1.70. The Bertz CT molecular complexity index is 849. The molecule has 2 aromatic rings. The van der Waals surface area contributed by atoms with Crippen LogP contribution in [0.5, 0.6) is 0 Å². The van der Waals surface area contributed by atoms with Gasteiger partial charge < -0.3 is 10.0 Å². The Hall–Kier alpha value is -2.35. The Morgan fingerprint density at radius 1 is 1.33 bits per heavy atom. The predicted molar refractivity (Wildman–Crippen MR) is 105 cm³/mol. The Balaban J connectivity index is 1.92. The molecule has 1 aromatic carbocycles. The highest BCUT2D eigenvalue weighted by Crippen LogP contribution is 2.24. The van der Waals surface area contributed by atoms with Gasteiger partial charge in [-0.15, -0.1) is 5.10 Å². The molecule has 0 saturated carbocycles. The summed E-state index contributed by atoms with van der Waals surface area (Å²) in [5.41, 5.74) is 2.04. The highest BCUT2D eigenvalue weighted by atomic mass is 32.2. The fraction of sp³-hybridized carbons (Fsp3) is 0.474. The standard InChI is InChI=1S/C19H24N4O3S/c1-12(2)15-6-4-5-7-16(15)23-13(3)20-18(21-23)19(26)22-8-9-27-11-14(22)10-17(24)25/h4-7,12,14H,8-11H2,1-3H3,(H,24,25). The first-order chi connectivity index (χ1) is 12.9. The molecule has 2 heterocycles. The van der Waals surface area contributed by atoms with E-state index < -0.39 is 5.97 Å². The van der Waals surface area contributed by atoms with Crippen molar-refractivity contribution in [2.75, 3.05) is 18.1 Å². The van der Waals surface area contributed by atoms with E-state index in [2.05, 4.69) is 23.9 Å². The van der Waals surface area contributed by atoms with Gasteiger partial charge in [0.15, 0.2) is 0 Å². The number of thioether (sulfide) groups is 1.